The van der Waals surface area contributed by atoms with E-state index < -0.39 is 6.10 Å². The third-order valence-corrected chi connectivity index (χ3v) is 16.9. The van der Waals surface area contributed by atoms with Crippen LogP contribution in [0.5, 0.6) is 0 Å². The average molecular weight is 1150 g/mol. The molecule has 0 rings (SSSR count). The van der Waals surface area contributed by atoms with Gasteiger partial charge in [0.2, 0.25) is 0 Å². The van der Waals surface area contributed by atoms with E-state index in [0.29, 0.717) is 19.3 Å². The molecule has 0 amide bonds. The maximum Gasteiger partial charge on any atom is 0.306 e. The number of carbonyl (C=O) groups excluding carboxylic acids is 3. The zero-order chi connectivity index (χ0) is 59.2. The van der Waals surface area contributed by atoms with Gasteiger partial charge in [-0.05, 0) is 77.0 Å². The highest BCUT2D eigenvalue weighted by molar-refractivity contribution is 5.71. The number of esters is 3. The fraction of sp³-hybridized carbons (Fsp3) is 0.882. The van der Waals surface area contributed by atoms with Crippen LogP contribution in [-0.4, -0.2) is 37.2 Å². The second kappa shape index (κ2) is 71.1. The lowest BCUT2D eigenvalue weighted by molar-refractivity contribution is -0.167. The molecule has 6 heteroatoms. The Bertz CT molecular complexity index is 1370. The zero-order valence-corrected chi connectivity index (χ0v) is 55.5. The van der Waals surface area contributed by atoms with Crippen LogP contribution < -0.4 is 0 Å². The highest BCUT2D eigenvalue weighted by Gasteiger charge is 2.20. The third-order valence-electron chi connectivity index (χ3n) is 16.9. The van der Waals surface area contributed by atoms with Gasteiger partial charge >= 0.3 is 17.9 Å². The van der Waals surface area contributed by atoms with Gasteiger partial charge in [-0.25, -0.2) is 0 Å². The molecule has 0 radical (unpaired) electrons. The van der Waals surface area contributed by atoms with Crippen LogP contribution in [0.25, 0.3) is 0 Å². The number of unbranched alkanes of at least 4 members (excludes halogenated alkanes) is 52. The van der Waals surface area contributed by atoms with Crippen LogP contribution >= 0.6 is 0 Å². The van der Waals surface area contributed by atoms with Gasteiger partial charge in [0.25, 0.3) is 0 Å². The largest absolute Gasteiger partial charge is 0.462 e. The molecule has 0 aliphatic carbocycles. The number of carbonyl (C=O) groups is 3. The predicted octanol–water partition coefficient (Wildman–Crippen LogP) is 25.5. The lowest BCUT2D eigenvalue weighted by Crippen LogP contribution is -2.30. The molecule has 0 saturated carbocycles. The summed E-state index contributed by atoms with van der Waals surface area (Å²) in [6.07, 6.45) is 88.9. The van der Waals surface area contributed by atoms with Crippen molar-refractivity contribution in [3.05, 3.63) is 36.5 Å². The molecule has 82 heavy (non-hydrogen) atoms. The molecular weight excluding hydrogens is 1010 g/mol. The van der Waals surface area contributed by atoms with Gasteiger partial charge < -0.3 is 14.2 Å². The topological polar surface area (TPSA) is 78.9 Å². The summed E-state index contributed by atoms with van der Waals surface area (Å²) < 4.78 is 17.0. The standard InChI is InChI=1S/C76H142O6/c1-4-7-10-13-16-19-22-25-28-31-33-35-36-37-38-39-40-42-43-45-48-51-54-57-60-63-66-69-75(78)81-72-73(71-80-74(77)68-65-62-59-56-53-50-47-30-27-24-21-18-15-12-9-6-3)82-76(79)70-67-64-61-58-55-52-49-46-44-41-34-32-29-26-23-20-17-14-11-8-5-2/h23,26,31-34,73H,4-22,24-25,27-30,35-72H2,1-3H3/b26-23-,33-31-,34-32-. The first kappa shape index (κ1) is 79.6. The van der Waals surface area contributed by atoms with Crippen LogP contribution in [0.15, 0.2) is 36.5 Å². The smallest absolute Gasteiger partial charge is 0.306 e. The first-order valence-electron chi connectivity index (χ1n) is 37.0. The molecule has 0 bridgehead atoms. The molecular formula is C76H142O6. The van der Waals surface area contributed by atoms with Crippen molar-refractivity contribution < 1.29 is 28.6 Å². The molecule has 0 spiro atoms. The van der Waals surface area contributed by atoms with Crippen molar-refractivity contribution >= 4 is 17.9 Å². The molecule has 0 heterocycles. The van der Waals surface area contributed by atoms with Crippen LogP contribution in [0.4, 0.5) is 0 Å². The van der Waals surface area contributed by atoms with E-state index in [1.54, 1.807) is 0 Å². The lowest BCUT2D eigenvalue weighted by atomic mass is 10.0. The number of allylic oxidation sites excluding steroid dienone is 6. The summed E-state index contributed by atoms with van der Waals surface area (Å²) in [7, 11) is 0. The van der Waals surface area contributed by atoms with E-state index in [-0.39, 0.29) is 31.1 Å². The van der Waals surface area contributed by atoms with E-state index in [9.17, 15) is 14.4 Å². The SMILES string of the molecule is CCCCCCC/C=C\C/C=C\CCCCCCCCCCCC(=O)OC(COC(=O)CCCCCCCCCCCCCCCCCC)COC(=O)CCCCCCCCCCCCCCCCC/C=C\CCCCCCCCCC. The normalized spacial score (nSPS) is 12.2. The van der Waals surface area contributed by atoms with Gasteiger partial charge in [-0.15, -0.1) is 0 Å². The van der Waals surface area contributed by atoms with Crippen LogP contribution in [0, 0.1) is 0 Å². The van der Waals surface area contributed by atoms with E-state index >= 15 is 0 Å². The molecule has 0 N–H and O–H groups in total. The summed E-state index contributed by atoms with van der Waals surface area (Å²) in [5.74, 6) is -0.840. The van der Waals surface area contributed by atoms with Gasteiger partial charge in [-0.3, -0.25) is 14.4 Å². The number of hydrogen-bond donors (Lipinski definition) is 0. The third kappa shape index (κ3) is 68.4. The van der Waals surface area contributed by atoms with E-state index in [1.165, 1.54) is 308 Å². The highest BCUT2D eigenvalue weighted by Crippen LogP contribution is 2.19. The Labute approximate surface area is 512 Å². The van der Waals surface area contributed by atoms with Crippen molar-refractivity contribution in [3.8, 4) is 0 Å². The number of ether oxygens (including phenoxy) is 3. The fourth-order valence-corrected chi connectivity index (χ4v) is 11.3. The quantitative estimate of drug-likeness (QED) is 0.0261. The second-order valence-corrected chi connectivity index (χ2v) is 25.2. The van der Waals surface area contributed by atoms with Gasteiger partial charge in [0.15, 0.2) is 6.10 Å². The first-order valence-corrected chi connectivity index (χ1v) is 37.0. The van der Waals surface area contributed by atoms with Crippen molar-refractivity contribution in [3.63, 3.8) is 0 Å². The summed E-state index contributed by atoms with van der Waals surface area (Å²) >= 11 is 0. The van der Waals surface area contributed by atoms with Crippen molar-refractivity contribution in [2.75, 3.05) is 13.2 Å². The van der Waals surface area contributed by atoms with Crippen LogP contribution in [-0.2, 0) is 28.6 Å². The minimum absolute atomic E-state index is 0.0681. The summed E-state index contributed by atoms with van der Waals surface area (Å²) in [4.78, 5) is 38.5. The fourth-order valence-electron chi connectivity index (χ4n) is 11.3. The molecule has 482 valence electrons. The summed E-state index contributed by atoms with van der Waals surface area (Å²) in [6, 6.07) is 0. The molecule has 0 aromatic rings. The predicted molar refractivity (Wildman–Crippen MR) is 358 cm³/mol. The van der Waals surface area contributed by atoms with Crippen molar-refractivity contribution in [1.29, 1.82) is 0 Å². The Morgan fingerprint density at radius 3 is 0.683 bits per heavy atom. The molecule has 1 atom stereocenters. The lowest BCUT2D eigenvalue weighted by Gasteiger charge is -2.18. The molecule has 1 unspecified atom stereocenters. The molecule has 0 aliphatic heterocycles. The van der Waals surface area contributed by atoms with Gasteiger partial charge in [0.05, 0.1) is 0 Å². The second-order valence-electron chi connectivity index (χ2n) is 25.2. The molecule has 0 aromatic heterocycles. The molecule has 0 saturated heterocycles. The summed E-state index contributed by atoms with van der Waals surface area (Å²) in [5, 5.41) is 0. The summed E-state index contributed by atoms with van der Waals surface area (Å²) in [5.41, 5.74) is 0. The van der Waals surface area contributed by atoms with Crippen LogP contribution in [0.3, 0.4) is 0 Å². The van der Waals surface area contributed by atoms with Gasteiger partial charge in [0, 0.05) is 19.3 Å². The van der Waals surface area contributed by atoms with Gasteiger partial charge in [-0.1, -0.05) is 353 Å². The molecule has 0 aliphatic rings. The van der Waals surface area contributed by atoms with E-state index in [4.69, 9.17) is 14.2 Å². The number of rotatable bonds is 69. The minimum Gasteiger partial charge on any atom is -0.462 e. The summed E-state index contributed by atoms with van der Waals surface area (Å²) in [6.45, 7) is 6.71. The maximum absolute atomic E-state index is 13.0. The van der Waals surface area contributed by atoms with Crippen molar-refractivity contribution in [2.45, 2.75) is 419 Å². The average Bonchev–Trinajstić information content (AvgIpc) is 3.48. The zero-order valence-electron chi connectivity index (χ0n) is 55.5. The van der Waals surface area contributed by atoms with Gasteiger partial charge in [0.1, 0.15) is 13.2 Å². The Balaban J connectivity index is 4.26. The first-order chi connectivity index (χ1) is 40.5. The Morgan fingerprint density at radius 2 is 0.439 bits per heavy atom. The minimum atomic E-state index is -0.773. The molecule has 6 nitrogen and oxygen atoms in total. The highest BCUT2D eigenvalue weighted by atomic mass is 16.6. The Kier molecular flexibility index (Phi) is 69.1. The maximum atomic E-state index is 13.0. The Hall–Kier alpha value is -2.37. The van der Waals surface area contributed by atoms with Gasteiger partial charge in [-0.2, -0.15) is 0 Å². The van der Waals surface area contributed by atoms with Crippen molar-refractivity contribution in [1.82, 2.24) is 0 Å². The molecule has 0 fully saturated rings. The monoisotopic (exact) mass is 1150 g/mol. The van der Waals surface area contributed by atoms with Crippen LogP contribution in [0.1, 0.15) is 412 Å². The van der Waals surface area contributed by atoms with E-state index in [1.807, 2.05) is 0 Å². The van der Waals surface area contributed by atoms with E-state index in [0.717, 1.165) is 64.2 Å². The van der Waals surface area contributed by atoms with Crippen LogP contribution in [0.2, 0.25) is 0 Å². The number of hydrogen-bond acceptors (Lipinski definition) is 6. The Morgan fingerprint density at radius 1 is 0.244 bits per heavy atom. The molecule has 0 aromatic carbocycles. The van der Waals surface area contributed by atoms with Crippen molar-refractivity contribution in [2.24, 2.45) is 0 Å². The van der Waals surface area contributed by atoms with E-state index in [2.05, 4.69) is 57.2 Å².